The molecule has 0 N–H and O–H groups in total. The van der Waals surface area contributed by atoms with Gasteiger partial charge in [0.2, 0.25) is 6.41 Å². The van der Waals surface area contributed by atoms with Crippen molar-refractivity contribution >= 4 is 35.3 Å². The van der Waals surface area contributed by atoms with Gasteiger partial charge in [0, 0.05) is 5.02 Å². The molecular weight excluding hydrogens is 479 g/mol. The molecule has 0 radical (unpaired) electrons. The Morgan fingerprint density at radius 2 is 1.69 bits per heavy atom. The van der Waals surface area contributed by atoms with Crippen LogP contribution in [0.4, 0.5) is 18.9 Å². The van der Waals surface area contributed by atoms with Gasteiger partial charge in [0.25, 0.3) is 5.91 Å². The largest absolute Gasteiger partial charge is 0.416 e. The zero-order valence-corrected chi connectivity index (χ0v) is 19.4. The molecule has 0 saturated heterocycles. The lowest BCUT2D eigenvalue weighted by molar-refractivity contribution is -0.137. The lowest BCUT2D eigenvalue weighted by Gasteiger charge is -2.28. The molecule has 3 aromatic rings. The number of hydrazone groups is 1. The van der Waals surface area contributed by atoms with E-state index in [9.17, 15) is 22.8 Å². The number of anilines is 1. The first-order valence-electron chi connectivity index (χ1n) is 10.7. The molecule has 3 aromatic carbocycles. The average Bonchev–Trinajstić information content (AvgIpc) is 3.17. The normalized spacial score (nSPS) is 17.7. The summed E-state index contributed by atoms with van der Waals surface area (Å²) in [5.74, 6) is -0.615. The van der Waals surface area contributed by atoms with Crippen LogP contribution in [0.3, 0.4) is 0 Å². The van der Waals surface area contributed by atoms with Crippen LogP contribution in [-0.2, 0) is 21.2 Å². The number of rotatable bonds is 6. The van der Waals surface area contributed by atoms with Gasteiger partial charge in [-0.2, -0.15) is 18.3 Å². The maximum Gasteiger partial charge on any atom is 0.416 e. The fraction of sp³-hybridized carbons (Fsp3) is 0.192. The van der Waals surface area contributed by atoms with Gasteiger partial charge in [-0.25, -0.2) is 0 Å². The quantitative estimate of drug-likeness (QED) is 0.419. The minimum Gasteiger partial charge on any atom is -0.286 e. The highest BCUT2D eigenvalue weighted by atomic mass is 35.5. The molecule has 5 nitrogen and oxygen atoms in total. The molecule has 180 valence electrons. The van der Waals surface area contributed by atoms with E-state index >= 15 is 0 Å². The van der Waals surface area contributed by atoms with Gasteiger partial charge >= 0.3 is 6.18 Å². The first-order valence-corrected chi connectivity index (χ1v) is 11.1. The van der Waals surface area contributed by atoms with Crippen LogP contribution < -0.4 is 4.90 Å². The number of carbonyl (C=O) groups is 2. The molecule has 0 aromatic heterocycles. The van der Waals surface area contributed by atoms with E-state index in [4.69, 9.17) is 16.7 Å². The van der Waals surface area contributed by atoms with E-state index in [0.717, 1.165) is 46.0 Å². The van der Waals surface area contributed by atoms with E-state index in [1.807, 2.05) is 49.4 Å². The Bertz CT molecular complexity index is 1250. The number of benzene rings is 3. The van der Waals surface area contributed by atoms with Crippen LogP contribution in [0.25, 0.3) is 0 Å². The lowest BCUT2D eigenvalue weighted by Crippen LogP contribution is -2.40. The highest BCUT2D eigenvalue weighted by Gasteiger charge is 2.41. The van der Waals surface area contributed by atoms with Crippen molar-refractivity contribution in [1.29, 1.82) is 0 Å². The van der Waals surface area contributed by atoms with Crippen molar-refractivity contribution in [2.24, 2.45) is 5.10 Å². The molecule has 1 unspecified atom stereocenters. The molecule has 1 heterocycles. The Hall–Kier alpha value is -3.65. The Balaban J connectivity index is 1.61. The minimum atomic E-state index is -4.52. The highest BCUT2D eigenvalue weighted by molar-refractivity contribution is 6.30. The molecule has 35 heavy (non-hydrogen) atoms. The SMILES string of the molecule is CC1(c2ccccc2)CN(CC(=O)N(C=O)c2ccc(C(F)(F)F)cc2)N=C1c1ccc(Cl)cc1. The van der Waals surface area contributed by atoms with Crippen molar-refractivity contribution < 1.29 is 22.8 Å². The fourth-order valence-electron chi connectivity index (χ4n) is 4.14. The van der Waals surface area contributed by atoms with Crippen molar-refractivity contribution in [1.82, 2.24) is 5.01 Å². The number of imide groups is 1. The van der Waals surface area contributed by atoms with Gasteiger partial charge in [0.1, 0.15) is 6.54 Å². The van der Waals surface area contributed by atoms with Gasteiger partial charge in [0.15, 0.2) is 0 Å². The second-order valence-electron chi connectivity index (χ2n) is 8.39. The smallest absolute Gasteiger partial charge is 0.286 e. The summed E-state index contributed by atoms with van der Waals surface area (Å²) in [6.07, 6.45) is -4.22. The molecule has 1 aliphatic rings. The summed E-state index contributed by atoms with van der Waals surface area (Å²) >= 11 is 6.05. The number of hydrogen-bond acceptors (Lipinski definition) is 4. The standard InChI is InChI=1S/C26H21ClF3N3O2/c1-25(19-5-3-2-4-6-19)16-32(31-24(25)18-7-11-21(27)12-8-18)15-23(35)33(17-34)22-13-9-20(10-14-22)26(28,29)30/h2-14,17H,15-16H2,1H3. The third-order valence-electron chi connectivity index (χ3n) is 5.96. The molecule has 9 heteroatoms. The Morgan fingerprint density at radius 1 is 1.06 bits per heavy atom. The van der Waals surface area contributed by atoms with Gasteiger partial charge in [0.05, 0.1) is 28.9 Å². The third-order valence-corrected chi connectivity index (χ3v) is 6.21. The van der Waals surface area contributed by atoms with Gasteiger partial charge in [-0.05, 0) is 54.4 Å². The molecule has 0 bridgehead atoms. The van der Waals surface area contributed by atoms with Crippen molar-refractivity contribution in [3.05, 3.63) is 101 Å². The summed E-state index contributed by atoms with van der Waals surface area (Å²) in [6.45, 7) is 2.15. The molecule has 4 rings (SSSR count). The number of hydrogen-bond donors (Lipinski definition) is 0. The zero-order valence-electron chi connectivity index (χ0n) is 18.7. The van der Waals surface area contributed by atoms with Crippen LogP contribution in [-0.4, -0.2) is 36.1 Å². The predicted molar refractivity (Wildman–Crippen MR) is 128 cm³/mol. The number of nitrogens with zero attached hydrogens (tertiary/aromatic N) is 3. The van der Waals surface area contributed by atoms with Gasteiger partial charge in [-0.1, -0.05) is 54.1 Å². The van der Waals surface area contributed by atoms with E-state index in [0.29, 0.717) is 18.0 Å². The average molecular weight is 500 g/mol. The second kappa shape index (κ2) is 9.54. The van der Waals surface area contributed by atoms with E-state index < -0.39 is 23.1 Å². The van der Waals surface area contributed by atoms with Crippen LogP contribution in [0.2, 0.25) is 5.02 Å². The van der Waals surface area contributed by atoms with Crippen molar-refractivity contribution in [2.75, 3.05) is 18.0 Å². The monoisotopic (exact) mass is 499 g/mol. The Morgan fingerprint density at radius 3 is 2.26 bits per heavy atom. The van der Waals surface area contributed by atoms with Crippen LogP contribution in [0, 0.1) is 0 Å². The first kappa shape index (κ1) is 24.5. The minimum absolute atomic E-state index is 0.0462. The molecular formula is C26H21ClF3N3O2. The summed E-state index contributed by atoms with van der Waals surface area (Å²) in [7, 11) is 0. The zero-order chi connectivity index (χ0) is 25.2. The third kappa shape index (κ3) is 5.07. The van der Waals surface area contributed by atoms with E-state index in [2.05, 4.69) is 0 Å². The van der Waals surface area contributed by atoms with Gasteiger partial charge < -0.3 is 0 Å². The summed E-state index contributed by atoms with van der Waals surface area (Å²) in [4.78, 5) is 25.5. The molecule has 0 fully saturated rings. The Labute approximate surface area is 205 Å². The predicted octanol–water partition coefficient (Wildman–Crippen LogP) is 5.53. The summed E-state index contributed by atoms with van der Waals surface area (Å²) in [5, 5.41) is 6.86. The van der Waals surface area contributed by atoms with Crippen LogP contribution in [0.1, 0.15) is 23.6 Å². The molecule has 0 spiro atoms. The maximum absolute atomic E-state index is 13.0. The first-order chi connectivity index (χ1) is 16.6. The van der Waals surface area contributed by atoms with Crippen molar-refractivity contribution in [2.45, 2.75) is 18.5 Å². The number of alkyl halides is 3. The maximum atomic E-state index is 13.0. The van der Waals surface area contributed by atoms with Crippen molar-refractivity contribution in [3.8, 4) is 0 Å². The van der Waals surface area contributed by atoms with E-state index in [-0.39, 0.29) is 12.2 Å². The molecule has 1 aliphatic heterocycles. The van der Waals surface area contributed by atoms with E-state index in [1.54, 1.807) is 17.1 Å². The number of carbonyl (C=O) groups excluding carboxylic acids is 2. The Kier molecular flexibility index (Phi) is 6.67. The number of halogens is 4. The van der Waals surface area contributed by atoms with Crippen molar-refractivity contribution in [3.63, 3.8) is 0 Å². The second-order valence-corrected chi connectivity index (χ2v) is 8.83. The fourth-order valence-corrected chi connectivity index (χ4v) is 4.27. The molecule has 2 amide bonds. The van der Waals surface area contributed by atoms with Crippen LogP contribution in [0.15, 0.2) is 84.0 Å². The highest BCUT2D eigenvalue weighted by Crippen LogP contribution is 2.35. The van der Waals surface area contributed by atoms with Gasteiger partial charge in [-0.15, -0.1) is 0 Å². The topological polar surface area (TPSA) is 53.0 Å². The molecule has 1 atom stereocenters. The molecule has 0 aliphatic carbocycles. The summed E-state index contributed by atoms with van der Waals surface area (Å²) < 4.78 is 38.6. The van der Waals surface area contributed by atoms with Crippen LogP contribution in [0.5, 0.6) is 0 Å². The summed E-state index contributed by atoms with van der Waals surface area (Å²) in [6, 6.07) is 20.8. The molecule has 0 saturated carbocycles. The van der Waals surface area contributed by atoms with Crippen LogP contribution >= 0.6 is 11.6 Å². The lowest BCUT2D eigenvalue weighted by atomic mass is 9.76. The summed E-state index contributed by atoms with van der Waals surface area (Å²) in [5.41, 5.74) is 1.19. The van der Waals surface area contributed by atoms with Gasteiger partial charge in [-0.3, -0.25) is 19.5 Å². The number of amides is 2. The van der Waals surface area contributed by atoms with E-state index in [1.165, 1.54) is 0 Å².